The molecule has 0 amide bonds. The zero-order chi connectivity index (χ0) is 10.2. The zero-order valence-corrected chi connectivity index (χ0v) is 11.0. The molecule has 1 nitrogen and oxygen atoms in total. The molecule has 0 aromatic heterocycles. The van der Waals surface area contributed by atoms with E-state index in [0.29, 0.717) is 0 Å². The fourth-order valence-corrected chi connectivity index (χ4v) is 2.81. The lowest BCUT2D eigenvalue weighted by molar-refractivity contribution is 0.413. The van der Waals surface area contributed by atoms with Crippen molar-refractivity contribution in [3.05, 3.63) is 0 Å². The number of hydrogen-bond donors (Lipinski definition) is 0. The van der Waals surface area contributed by atoms with Gasteiger partial charge in [-0.25, -0.2) is 0 Å². The molecule has 1 atom stereocenters. The molecule has 0 aliphatic heterocycles. The Hall–Kier alpha value is 0.467. The lowest BCUT2D eigenvalue weighted by Gasteiger charge is -2.16. The molecule has 80 valence electrons. The Balaban J connectivity index is 3.16. The first-order valence-electron chi connectivity index (χ1n) is 5.36. The van der Waals surface area contributed by atoms with Gasteiger partial charge >= 0.3 is 0 Å². The second-order valence-electron chi connectivity index (χ2n) is 3.82. The van der Waals surface area contributed by atoms with E-state index in [1.54, 1.807) is 7.11 Å². The monoisotopic (exact) mass is 222 g/mol. The summed E-state index contributed by atoms with van der Waals surface area (Å²) in [7, 11) is -0.0411. The third kappa shape index (κ3) is 8.79. The maximum atomic E-state index is 6.18. The van der Waals surface area contributed by atoms with E-state index in [1.807, 2.05) is 0 Å². The van der Waals surface area contributed by atoms with Crippen molar-refractivity contribution in [3.8, 4) is 0 Å². The highest BCUT2D eigenvalue weighted by atomic mass is 35.6. The molecule has 0 spiro atoms. The fraction of sp³-hybridized carbons (Fsp3) is 1.00. The van der Waals surface area contributed by atoms with E-state index in [9.17, 15) is 0 Å². The van der Waals surface area contributed by atoms with Gasteiger partial charge < -0.3 is 4.43 Å². The van der Waals surface area contributed by atoms with Crippen molar-refractivity contribution < 1.29 is 4.43 Å². The molecule has 1 unspecified atom stereocenters. The van der Waals surface area contributed by atoms with Crippen LogP contribution in [0, 0.1) is 0 Å². The van der Waals surface area contributed by atoms with Crippen LogP contribution in [0.15, 0.2) is 0 Å². The van der Waals surface area contributed by atoms with Gasteiger partial charge in [0.1, 0.15) is 0 Å². The summed E-state index contributed by atoms with van der Waals surface area (Å²) >= 11 is 6.18. The van der Waals surface area contributed by atoms with E-state index >= 15 is 0 Å². The Bertz CT molecular complexity index is 117. The first-order valence-corrected chi connectivity index (χ1v) is 8.99. The lowest BCUT2D eigenvalue weighted by atomic mass is 10.1. The van der Waals surface area contributed by atoms with Crippen molar-refractivity contribution in [2.24, 2.45) is 0 Å². The second-order valence-corrected chi connectivity index (χ2v) is 9.33. The Morgan fingerprint density at radius 2 is 1.62 bits per heavy atom. The van der Waals surface area contributed by atoms with Crippen LogP contribution in [0.2, 0.25) is 12.6 Å². The number of hydrogen-bond acceptors (Lipinski definition) is 1. The largest absolute Gasteiger partial charge is 0.407 e. The molecule has 0 rings (SSSR count). The molecule has 0 N–H and O–H groups in total. The van der Waals surface area contributed by atoms with Crippen molar-refractivity contribution in [2.75, 3.05) is 7.11 Å². The first-order chi connectivity index (χ1) is 6.12. The molecule has 3 heteroatoms. The van der Waals surface area contributed by atoms with Crippen LogP contribution in [0.5, 0.6) is 0 Å². The third-order valence-corrected chi connectivity index (χ3v) is 5.53. The predicted molar refractivity (Wildman–Crippen MR) is 62.7 cm³/mol. The van der Waals surface area contributed by atoms with Gasteiger partial charge in [0.2, 0.25) is 0 Å². The van der Waals surface area contributed by atoms with Gasteiger partial charge in [0.05, 0.1) is 0 Å². The van der Waals surface area contributed by atoms with Crippen LogP contribution in [0.25, 0.3) is 0 Å². The first kappa shape index (κ1) is 13.5. The standard InChI is InChI=1S/C10H23ClOSi/c1-4-5-6-7-8-9-10-13(3,11)12-2/h4-10H2,1-3H3. The third-order valence-electron chi connectivity index (χ3n) is 2.40. The number of halogens is 1. The minimum absolute atomic E-state index is 1.09. The molecule has 0 aromatic carbocycles. The maximum Gasteiger partial charge on any atom is 0.286 e. The zero-order valence-electron chi connectivity index (χ0n) is 9.24. The van der Waals surface area contributed by atoms with Crippen LogP contribution >= 0.6 is 11.1 Å². The van der Waals surface area contributed by atoms with Crippen molar-refractivity contribution in [3.63, 3.8) is 0 Å². The minimum Gasteiger partial charge on any atom is -0.407 e. The van der Waals surface area contributed by atoms with Gasteiger partial charge in [-0.3, -0.25) is 0 Å². The molecule has 0 saturated carbocycles. The van der Waals surface area contributed by atoms with Crippen LogP contribution in [-0.4, -0.2) is 14.7 Å². The summed E-state index contributed by atoms with van der Waals surface area (Å²) in [4.78, 5) is 0. The van der Waals surface area contributed by atoms with E-state index in [2.05, 4.69) is 13.5 Å². The van der Waals surface area contributed by atoms with E-state index in [1.165, 1.54) is 38.5 Å². The summed E-state index contributed by atoms with van der Waals surface area (Å²) in [5, 5.41) is 0. The summed E-state index contributed by atoms with van der Waals surface area (Å²) < 4.78 is 5.27. The Morgan fingerprint density at radius 3 is 2.15 bits per heavy atom. The highest BCUT2D eigenvalue weighted by Crippen LogP contribution is 2.19. The van der Waals surface area contributed by atoms with Crippen molar-refractivity contribution in [1.29, 1.82) is 0 Å². The van der Waals surface area contributed by atoms with Gasteiger partial charge in [-0.2, -0.15) is 0 Å². The highest BCUT2D eigenvalue weighted by molar-refractivity contribution is 7.16. The predicted octanol–water partition coefficient (Wildman–Crippen LogP) is 4.30. The summed E-state index contributed by atoms with van der Waals surface area (Å²) in [6.07, 6.45) is 7.99. The molecule has 0 radical (unpaired) electrons. The second kappa shape index (κ2) is 7.83. The van der Waals surface area contributed by atoms with Crippen LogP contribution in [0.3, 0.4) is 0 Å². The van der Waals surface area contributed by atoms with Gasteiger partial charge in [0, 0.05) is 7.11 Å². The SMILES string of the molecule is CCCCCCCC[Si](C)(Cl)OC. The number of unbranched alkanes of at least 4 members (excludes halogenated alkanes) is 5. The number of rotatable bonds is 8. The Kier molecular flexibility index (Phi) is 8.11. The highest BCUT2D eigenvalue weighted by Gasteiger charge is 2.23. The molecule has 0 fully saturated rings. The average molecular weight is 223 g/mol. The van der Waals surface area contributed by atoms with Crippen LogP contribution in [0.1, 0.15) is 45.4 Å². The maximum absolute atomic E-state index is 6.18. The molecule has 0 bridgehead atoms. The topological polar surface area (TPSA) is 9.23 Å². The quantitative estimate of drug-likeness (QED) is 0.338. The molecular formula is C10H23ClOSi. The molecule has 13 heavy (non-hydrogen) atoms. The minimum atomic E-state index is -1.77. The van der Waals surface area contributed by atoms with E-state index in [4.69, 9.17) is 15.5 Å². The van der Waals surface area contributed by atoms with Gasteiger partial charge in [0.15, 0.2) is 0 Å². The van der Waals surface area contributed by atoms with Crippen molar-refractivity contribution in [2.45, 2.75) is 58.0 Å². The van der Waals surface area contributed by atoms with Crippen LogP contribution in [-0.2, 0) is 4.43 Å². The average Bonchev–Trinajstić information content (AvgIpc) is 2.11. The summed E-state index contributed by atoms with van der Waals surface area (Å²) in [6, 6.07) is 1.09. The van der Waals surface area contributed by atoms with Gasteiger partial charge in [0.25, 0.3) is 7.63 Å². The van der Waals surface area contributed by atoms with Crippen LogP contribution in [0.4, 0.5) is 0 Å². The van der Waals surface area contributed by atoms with Crippen molar-refractivity contribution >= 4 is 18.7 Å². The Labute approximate surface area is 88.7 Å². The van der Waals surface area contributed by atoms with E-state index < -0.39 is 7.63 Å². The summed E-state index contributed by atoms with van der Waals surface area (Å²) in [5.74, 6) is 0. The van der Waals surface area contributed by atoms with Crippen LogP contribution < -0.4 is 0 Å². The molecule has 0 aliphatic rings. The molecule has 0 heterocycles. The van der Waals surface area contributed by atoms with Gasteiger partial charge in [-0.15, -0.1) is 11.1 Å². The Morgan fingerprint density at radius 1 is 1.08 bits per heavy atom. The smallest absolute Gasteiger partial charge is 0.286 e. The van der Waals surface area contributed by atoms with E-state index in [0.717, 1.165) is 6.04 Å². The summed E-state index contributed by atoms with van der Waals surface area (Å²) in [6.45, 7) is 4.31. The molecular weight excluding hydrogens is 200 g/mol. The summed E-state index contributed by atoms with van der Waals surface area (Å²) in [5.41, 5.74) is 0. The molecule has 0 aromatic rings. The van der Waals surface area contributed by atoms with E-state index in [-0.39, 0.29) is 0 Å². The molecule has 0 saturated heterocycles. The lowest BCUT2D eigenvalue weighted by Crippen LogP contribution is -2.24. The van der Waals surface area contributed by atoms with Gasteiger partial charge in [-0.1, -0.05) is 45.4 Å². The van der Waals surface area contributed by atoms with Gasteiger partial charge in [-0.05, 0) is 12.6 Å². The fourth-order valence-electron chi connectivity index (χ4n) is 1.32. The van der Waals surface area contributed by atoms with Crippen molar-refractivity contribution in [1.82, 2.24) is 0 Å². The normalized spacial score (nSPS) is 15.7. The molecule has 0 aliphatic carbocycles.